The van der Waals surface area contributed by atoms with Crippen molar-refractivity contribution in [1.82, 2.24) is 10.3 Å². The molecule has 0 aliphatic carbocycles. The Hall–Kier alpha value is -2.85. The van der Waals surface area contributed by atoms with Crippen LogP contribution in [0.15, 0.2) is 72.9 Å². The minimum atomic E-state index is -0.382. The van der Waals surface area contributed by atoms with E-state index in [2.05, 4.69) is 10.3 Å². The summed E-state index contributed by atoms with van der Waals surface area (Å²) in [7, 11) is 0. The lowest BCUT2D eigenvalue weighted by Gasteiger charge is -2.19. The number of aromatic hydroxyl groups is 1. The van der Waals surface area contributed by atoms with Gasteiger partial charge in [-0.15, -0.1) is 0 Å². The van der Waals surface area contributed by atoms with Crippen molar-refractivity contribution < 1.29 is 9.90 Å². The molecular formula is C19H15ClN2O2. The Bertz CT molecular complexity index is 799. The Balaban J connectivity index is 1.92. The van der Waals surface area contributed by atoms with Crippen molar-refractivity contribution in [3.63, 3.8) is 0 Å². The molecule has 1 amide bonds. The Kier molecular flexibility index (Phi) is 4.77. The van der Waals surface area contributed by atoms with E-state index < -0.39 is 0 Å². The van der Waals surface area contributed by atoms with E-state index >= 15 is 0 Å². The molecule has 2 N–H and O–H groups in total. The minimum Gasteiger partial charge on any atom is -0.506 e. The second-order valence-corrected chi connectivity index (χ2v) is 5.65. The zero-order valence-corrected chi connectivity index (χ0v) is 13.4. The fraction of sp³-hybridized carbons (Fsp3) is 0.0526. The Morgan fingerprint density at radius 3 is 2.46 bits per heavy atom. The summed E-state index contributed by atoms with van der Waals surface area (Å²) in [4.78, 5) is 16.9. The molecular weight excluding hydrogens is 324 g/mol. The number of carbonyl (C=O) groups is 1. The highest BCUT2D eigenvalue weighted by molar-refractivity contribution is 6.32. The van der Waals surface area contributed by atoms with Gasteiger partial charge in [0, 0.05) is 11.8 Å². The smallest absolute Gasteiger partial charge is 0.252 e. The van der Waals surface area contributed by atoms with Crippen molar-refractivity contribution in [3.05, 3.63) is 94.8 Å². The molecule has 4 nitrogen and oxygen atoms in total. The molecule has 3 aromatic rings. The first-order valence-corrected chi connectivity index (χ1v) is 7.78. The number of phenols is 1. The van der Waals surface area contributed by atoms with Crippen LogP contribution in [0.4, 0.5) is 0 Å². The second-order valence-electron chi connectivity index (χ2n) is 5.24. The standard InChI is InChI=1S/C19H15ClN2O2/c20-15-12-14(9-10-17(15)23)19(24)22-18(13-6-2-1-3-7-13)16-8-4-5-11-21-16/h1-12,18,23H,(H,22,24). The van der Waals surface area contributed by atoms with E-state index in [0.29, 0.717) is 5.56 Å². The van der Waals surface area contributed by atoms with Crippen LogP contribution >= 0.6 is 11.6 Å². The molecule has 0 fully saturated rings. The summed E-state index contributed by atoms with van der Waals surface area (Å²) in [5, 5.41) is 12.6. The van der Waals surface area contributed by atoms with E-state index in [1.54, 1.807) is 6.20 Å². The van der Waals surface area contributed by atoms with Crippen LogP contribution in [-0.4, -0.2) is 16.0 Å². The molecule has 2 aromatic carbocycles. The number of halogens is 1. The monoisotopic (exact) mass is 338 g/mol. The third kappa shape index (κ3) is 3.55. The summed E-state index contributed by atoms with van der Waals surface area (Å²) in [6, 6.07) is 19.2. The van der Waals surface area contributed by atoms with Gasteiger partial charge in [0.25, 0.3) is 5.91 Å². The summed E-state index contributed by atoms with van der Waals surface area (Å²) in [5.74, 6) is -0.353. The third-order valence-corrected chi connectivity index (χ3v) is 3.90. The van der Waals surface area contributed by atoms with Gasteiger partial charge in [-0.1, -0.05) is 48.0 Å². The van der Waals surface area contributed by atoms with Gasteiger partial charge in [0.1, 0.15) is 5.75 Å². The highest BCUT2D eigenvalue weighted by atomic mass is 35.5. The molecule has 5 heteroatoms. The lowest BCUT2D eigenvalue weighted by molar-refractivity contribution is 0.0942. The topological polar surface area (TPSA) is 62.2 Å². The molecule has 0 aliphatic heterocycles. The molecule has 0 saturated carbocycles. The van der Waals surface area contributed by atoms with Crippen molar-refractivity contribution in [2.75, 3.05) is 0 Å². The predicted molar refractivity (Wildman–Crippen MR) is 93.1 cm³/mol. The number of amides is 1. The highest BCUT2D eigenvalue weighted by Gasteiger charge is 2.19. The van der Waals surface area contributed by atoms with Gasteiger partial charge in [-0.2, -0.15) is 0 Å². The first kappa shape index (κ1) is 16.0. The van der Waals surface area contributed by atoms with E-state index in [-0.39, 0.29) is 22.7 Å². The molecule has 0 bridgehead atoms. The molecule has 3 rings (SSSR count). The largest absolute Gasteiger partial charge is 0.506 e. The van der Waals surface area contributed by atoms with Gasteiger partial charge >= 0.3 is 0 Å². The van der Waals surface area contributed by atoms with Gasteiger partial charge in [-0.25, -0.2) is 0 Å². The van der Waals surface area contributed by atoms with E-state index in [1.807, 2.05) is 48.5 Å². The fourth-order valence-corrected chi connectivity index (χ4v) is 2.56. The molecule has 1 unspecified atom stereocenters. The van der Waals surface area contributed by atoms with Crippen molar-refractivity contribution >= 4 is 17.5 Å². The first-order valence-electron chi connectivity index (χ1n) is 7.40. The van der Waals surface area contributed by atoms with Gasteiger partial charge < -0.3 is 10.4 Å². The molecule has 120 valence electrons. The highest BCUT2D eigenvalue weighted by Crippen LogP contribution is 2.25. The van der Waals surface area contributed by atoms with Crippen LogP contribution in [0.5, 0.6) is 5.75 Å². The van der Waals surface area contributed by atoms with E-state index in [1.165, 1.54) is 18.2 Å². The van der Waals surface area contributed by atoms with Crippen LogP contribution in [0.1, 0.15) is 27.7 Å². The average molecular weight is 339 g/mol. The maximum absolute atomic E-state index is 12.6. The van der Waals surface area contributed by atoms with E-state index in [4.69, 9.17) is 11.6 Å². The van der Waals surface area contributed by atoms with Gasteiger partial charge in [0.2, 0.25) is 0 Å². The van der Waals surface area contributed by atoms with Gasteiger partial charge in [-0.05, 0) is 35.9 Å². The number of nitrogens with one attached hydrogen (secondary N) is 1. The van der Waals surface area contributed by atoms with Crippen LogP contribution in [0, 0.1) is 0 Å². The van der Waals surface area contributed by atoms with Crippen LogP contribution < -0.4 is 5.32 Å². The summed E-state index contributed by atoms with van der Waals surface area (Å²) >= 11 is 5.89. The normalized spacial score (nSPS) is 11.7. The van der Waals surface area contributed by atoms with Gasteiger partial charge in [0.05, 0.1) is 16.8 Å². The molecule has 1 heterocycles. The fourth-order valence-electron chi connectivity index (χ4n) is 2.38. The number of aromatic nitrogens is 1. The number of rotatable bonds is 4. The average Bonchev–Trinajstić information content (AvgIpc) is 2.63. The predicted octanol–water partition coefficient (Wildman–Crippen LogP) is 3.96. The quantitative estimate of drug-likeness (QED) is 0.757. The van der Waals surface area contributed by atoms with Crippen molar-refractivity contribution in [1.29, 1.82) is 0 Å². The summed E-state index contributed by atoms with van der Waals surface area (Å²) in [6.45, 7) is 0. The zero-order chi connectivity index (χ0) is 16.9. The van der Waals surface area contributed by atoms with E-state index in [0.717, 1.165) is 11.3 Å². The van der Waals surface area contributed by atoms with Crippen LogP contribution in [-0.2, 0) is 0 Å². The summed E-state index contributed by atoms with van der Waals surface area (Å²) in [6.07, 6.45) is 1.69. The molecule has 1 atom stereocenters. The van der Waals surface area contributed by atoms with Crippen LogP contribution in [0.3, 0.4) is 0 Å². The Morgan fingerprint density at radius 1 is 1.04 bits per heavy atom. The van der Waals surface area contributed by atoms with Crippen molar-refractivity contribution in [3.8, 4) is 5.75 Å². The van der Waals surface area contributed by atoms with Crippen LogP contribution in [0.2, 0.25) is 5.02 Å². The lowest BCUT2D eigenvalue weighted by atomic mass is 10.0. The van der Waals surface area contributed by atoms with Crippen molar-refractivity contribution in [2.24, 2.45) is 0 Å². The molecule has 0 spiro atoms. The number of hydrogen-bond acceptors (Lipinski definition) is 3. The number of benzene rings is 2. The Morgan fingerprint density at radius 2 is 1.79 bits per heavy atom. The Labute approximate surface area is 144 Å². The maximum atomic E-state index is 12.6. The molecule has 0 saturated heterocycles. The van der Waals surface area contributed by atoms with Crippen LogP contribution in [0.25, 0.3) is 0 Å². The van der Waals surface area contributed by atoms with E-state index in [9.17, 15) is 9.90 Å². The molecule has 1 aromatic heterocycles. The first-order chi connectivity index (χ1) is 11.6. The zero-order valence-electron chi connectivity index (χ0n) is 12.7. The van der Waals surface area contributed by atoms with Gasteiger partial charge in [0.15, 0.2) is 0 Å². The lowest BCUT2D eigenvalue weighted by Crippen LogP contribution is -2.29. The summed E-state index contributed by atoms with van der Waals surface area (Å²) in [5.41, 5.74) is 2.03. The number of nitrogens with zero attached hydrogens (tertiary/aromatic N) is 1. The minimum absolute atomic E-state index is 0.0578. The number of carbonyl (C=O) groups excluding carboxylic acids is 1. The van der Waals surface area contributed by atoms with Gasteiger partial charge in [-0.3, -0.25) is 9.78 Å². The number of pyridine rings is 1. The second kappa shape index (κ2) is 7.15. The number of hydrogen-bond donors (Lipinski definition) is 2. The van der Waals surface area contributed by atoms with Crippen molar-refractivity contribution in [2.45, 2.75) is 6.04 Å². The SMILES string of the molecule is O=C(NC(c1ccccc1)c1ccccn1)c1ccc(O)c(Cl)c1. The molecule has 0 radical (unpaired) electrons. The third-order valence-electron chi connectivity index (χ3n) is 3.60. The molecule has 0 aliphatic rings. The maximum Gasteiger partial charge on any atom is 0.252 e. The summed E-state index contributed by atoms with van der Waals surface area (Å²) < 4.78 is 0. The number of phenolic OH excluding ortho intramolecular Hbond substituents is 1. The molecule has 24 heavy (non-hydrogen) atoms.